The molecule has 0 radical (unpaired) electrons. The van der Waals surface area contributed by atoms with Gasteiger partial charge in [0.2, 0.25) is 0 Å². The number of halogens is 1. The van der Waals surface area contributed by atoms with Gasteiger partial charge in [0.05, 0.1) is 28.7 Å². The molecule has 6 nitrogen and oxygen atoms in total. The van der Waals surface area contributed by atoms with Gasteiger partial charge in [-0.3, -0.25) is 9.78 Å². The number of hydrogen-bond acceptors (Lipinski definition) is 5. The van der Waals surface area contributed by atoms with E-state index in [2.05, 4.69) is 26.2 Å². The van der Waals surface area contributed by atoms with E-state index in [0.29, 0.717) is 11.3 Å². The average Bonchev–Trinajstić information content (AvgIpc) is 2.71. The third kappa shape index (κ3) is 5.06. The Kier molecular flexibility index (Phi) is 6.58. The quantitative estimate of drug-likeness (QED) is 0.562. The summed E-state index contributed by atoms with van der Waals surface area (Å²) in [5.41, 5.74) is 3.51. The van der Waals surface area contributed by atoms with Gasteiger partial charge in [-0.05, 0) is 75.9 Å². The second-order valence-electron chi connectivity index (χ2n) is 6.82. The number of rotatable bonds is 6. The highest BCUT2D eigenvalue weighted by Gasteiger charge is 2.15. The number of aromatic nitrogens is 1. The molecule has 0 unspecified atom stereocenters. The molecule has 8 heteroatoms. The van der Waals surface area contributed by atoms with Gasteiger partial charge in [0.25, 0.3) is 5.91 Å². The minimum Gasteiger partial charge on any atom is -0.496 e. The Hall–Kier alpha value is -2.71. The number of amides is 1. The number of pyridine rings is 1. The summed E-state index contributed by atoms with van der Waals surface area (Å²) in [6.07, 6.45) is 2.81. The highest BCUT2D eigenvalue weighted by atomic mass is 79.9. The fourth-order valence-corrected chi connectivity index (χ4v) is 4.55. The maximum absolute atomic E-state index is 12.5. The first-order chi connectivity index (χ1) is 14.2. The molecule has 0 aliphatic heterocycles. The lowest BCUT2D eigenvalue weighted by Gasteiger charge is -2.10. The van der Waals surface area contributed by atoms with Crippen molar-refractivity contribution in [3.63, 3.8) is 0 Å². The van der Waals surface area contributed by atoms with Crippen molar-refractivity contribution in [1.29, 1.82) is 0 Å². The van der Waals surface area contributed by atoms with Crippen molar-refractivity contribution in [2.75, 3.05) is 13.4 Å². The van der Waals surface area contributed by atoms with E-state index in [9.17, 15) is 13.2 Å². The van der Waals surface area contributed by atoms with Crippen molar-refractivity contribution < 1.29 is 17.9 Å². The summed E-state index contributed by atoms with van der Waals surface area (Å²) in [5, 5.41) is 2.80. The Labute approximate surface area is 184 Å². The zero-order chi connectivity index (χ0) is 21.9. The number of benzene rings is 2. The number of nitrogens with one attached hydrogen (secondary N) is 1. The minimum atomic E-state index is -3.41. The number of hydrogen-bond donors (Lipinski definition) is 1. The molecule has 0 saturated carbocycles. The van der Waals surface area contributed by atoms with Crippen LogP contribution in [0.15, 0.2) is 64.1 Å². The number of sulfone groups is 1. The van der Waals surface area contributed by atoms with E-state index in [-0.39, 0.29) is 22.9 Å². The topological polar surface area (TPSA) is 85.4 Å². The van der Waals surface area contributed by atoms with Gasteiger partial charge in [0, 0.05) is 18.0 Å². The second-order valence-corrected chi connectivity index (χ2v) is 9.66. The van der Waals surface area contributed by atoms with E-state index in [1.54, 1.807) is 32.4 Å². The van der Waals surface area contributed by atoms with E-state index < -0.39 is 9.84 Å². The molecule has 2 aromatic carbocycles. The van der Waals surface area contributed by atoms with Crippen LogP contribution in [0.1, 0.15) is 21.6 Å². The normalized spacial score (nSPS) is 11.2. The lowest BCUT2D eigenvalue weighted by atomic mass is 10.1. The number of nitrogens with zero attached hydrogens (tertiary/aromatic N) is 1. The Morgan fingerprint density at radius 2 is 1.83 bits per heavy atom. The molecule has 0 fully saturated rings. The van der Waals surface area contributed by atoms with Gasteiger partial charge >= 0.3 is 0 Å². The van der Waals surface area contributed by atoms with E-state index >= 15 is 0 Å². The predicted molar refractivity (Wildman–Crippen MR) is 119 cm³/mol. The van der Waals surface area contributed by atoms with Crippen LogP contribution in [0.5, 0.6) is 5.75 Å². The highest BCUT2D eigenvalue weighted by Crippen LogP contribution is 2.30. The molecule has 1 N–H and O–H groups in total. The largest absolute Gasteiger partial charge is 0.496 e. The summed E-state index contributed by atoms with van der Waals surface area (Å²) in [4.78, 5) is 17.0. The molecule has 0 aliphatic rings. The van der Waals surface area contributed by atoms with E-state index in [0.717, 1.165) is 27.6 Å². The molecule has 1 aromatic heterocycles. The predicted octanol–water partition coefficient (Wildman–Crippen LogP) is 4.16. The van der Waals surface area contributed by atoms with Gasteiger partial charge in [-0.1, -0.05) is 12.1 Å². The number of carbonyl (C=O) groups excluding carboxylic acids is 1. The van der Waals surface area contributed by atoms with Crippen LogP contribution in [0, 0.1) is 6.92 Å². The van der Waals surface area contributed by atoms with Gasteiger partial charge in [-0.15, -0.1) is 0 Å². The number of aryl methyl sites for hydroxylation is 1. The summed E-state index contributed by atoms with van der Waals surface area (Å²) in [5.74, 6) is 0.381. The van der Waals surface area contributed by atoms with Crippen molar-refractivity contribution >= 4 is 31.7 Å². The van der Waals surface area contributed by atoms with Crippen LogP contribution in [0.25, 0.3) is 11.1 Å². The second kappa shape index (κ2) is 8.97. The molecule has 0 bridgehead atoms. The summed E-state index contributed by atoms with van der Waals surface area (Å²) >= 11 is 3.48. The van der Waals surface area contributed by atoms with Gasteiger partial charge < -0.3 is 10.1 Å². The Bertz CT molecular complexity index is 1210. The Morgan fingerprint density at radius 3 is 2.50 bits per heavy atom. The summed E-state index contributed by atoms with van der Waals surface area (Å²) in [6.45, 7) is 1.91. The maximum Gasteiger partial charge on any atom is 0.251 e. The van der Waals surface area contributed by atoms with Crippen LogP contribution in [0.2, 0.25) is 0 Å². The molecule has 0 saturated heterocycles. The van der Waals surface area contributed by atoms with Crippen molar-refractivity contribution in [3.05, 3.63) is 76.0 Å². The Balaban J connectivity index is 1.76. The molecule has 156 valence electrons. The SMILES string of the molecule is COc1ccc(-c2ccnc(CNC(=O)c3ccc(C)c(S(C)(=O)=O)c3)c2)cc1Br. The van der Waals surface area contributed by atoms with Crippen LogP contribution in [-0.2, 0) is 16.4 Å². The van der Waals surface area contributed by atoms with E-state index in [4.69, 9.17) is 4.74 Å². The fraction of sp³-hybridized carbons (Fsp3) is 0.182. The zero-order valence-corrected chi connectivity index (χ0v) is 19.2. The third-order valence-corrected chi connectivity index (χ3v) is 6.44. The summed E-state index contributed by atoms with van der Waals surface area (Å²) < 4.78 is 29.9. The smallest absolute Gasteiger partial charge is 0.251 e. The van der Waals surface area contributed by atoms with E-state index in [1.165, 1.54) is 6.07 Å². The fourth-order valence-electron chi connectivity index (χ4n) is 3.01. The van der Waals surface area contributed by atoms with Crippen LogP contribution in [-0.4, -0.2) is 32.7 Å². The maximum atomic E-state index is 12.5. The molecule has 1 amide bonds. The molecule has 3 rings (SSSR count). The molecular formula is C22H21BrN2O4S. The average molecular weight is 489 g/mol. The van der Waals surface area contributed by atoms with Crippen LogP contribution in [0.4, 0.5) is 0 Å². The third-order valence-electron chi connectivity index (χ3n) is 4.58. The zero-order valence-electron chi connectivity index (χ0n) is 16.8. The molecule has 0 aliphatic carbocycles. The molecule has 0 atom stereocenters. The lowest BCUT2D eigenvalue weighted by Crippen LogP contribution is -2.23. The van der Waals surface area contributed by atoms with Crippen molar-refractivity contribution in [2.45, 2.75) is 18.4 Å². The number of methoxy groups -OCH3 is 1. The molecular weight excluding hydrogens is 468 g/mol. The molecule has 0 spiro atoms. The summed E-state index contributed by atoms with van der Waals surface area (Å²) in [7, 11) is -1.80. The van der Waals surface area contributed by atoms with Crippen molar-refractivity contribution in [3.8, 4) is 16.9 Å². The monoisotopic (exact) mass is 488 g/mol. The van der Waals surface area contributed by atoms with Crippen molar-refractivity contribution in [2.24, 2.45) is 0 Å². The molecule has 3 aromatic rings. The highest BCUT2D eigenvalue weighted by molar-refractivity contribution is 9.10. The van der Waals surface area contributed by atoms with Crippen LogP contribution < -0.4 is 10.1 Å². The number of ether oxygens (including phenoxy) is 1. The first kappa shape index (κ1) is 22.0. The first-order valence-electron chi connectivity index (χ1n) is 9.07. The standard InChI is InChI=1S/C22H21BrN2O4S/c1-14-4-5-17(12-21(14)30(3,27)28)22(26)25-13-18-10-16(8-9-24-18)15-6-7-20(29-2)19(23)11-15/h4-12H,13H2,1-3H3,(H,25,26). The van der Waals surface area contributed by atoms with Crippen LogP contribution in [0.3, 0.4) is 0 Å². The van der Waals surface area contributed by atoms with Crippen molar-refractivity contribution in [1.82, 2.24) is 10.3 Å². The van der Waals surface area contributed by atoms with Gasteiger partial charge in [0.15, 0.2) is 9.84 Å². The molecule has 30 heavy (non-hydrogen) atoms. The van der Waals surface area contributed by atoms with Crippen LogP contribution >= 0.6 is 15.9 Å². The van der Waals surface area contributed by atoms with Gasteiger partial charge in [0.1, 0.15) is 5.75 Å². The first-order valence-corrected chi connectivity index (χ1v) is 11.7. The lowest BCUT2D eigenvalue weighted by molar-refractivity contribution is 0.0950. The van der Waals surface area contributed by atoms with Gasteiger partial charge in [-0.25, -0.2) is 8.42 Å². The number of carbonyl (C=O) groups is 1. The summed E-state index contributed by atoms with van der Waals surface area (Å²) in [6, 6.07) is 14.2. The minimum absolute atomic E-state index is 0.153. The van der Waals surface area contributed by atoms with E-state index in [1.807, 2.05) is 30.3 Å². The Morgan fingerprint density at radius 1 is 1.10 bits per heavy atom. The van der Waals surface area contributed by atoms with Gasteiger partial charge in [-0.2, -0.15) is 0 Å². The molecule has 1 heterocycles.